The topological polar surface area (TPSA) is 43.4 Å². The Labute approximate surface area is 116 Å². The van der Waals surface area contributed by atoms with Gasteiger partial charge in [0.25, 0.3) is 0 Å². The van der Waals surface area contributed by atoms with Crippen molar-refractivity contribution in [3.63, 3.8) is 0 Å². The molecule has 0 bridgehead atoms. The Kier molecular flexibility index (Phi) is 6.81. The smallest absolute Gasteiger partial charge is 0.128 e. The summed E-state index contributed by atoms with van der Waals surface area (Å²) < 4.78 is 10.6. The molecular weight excluding hydrogens is 240 g/mol. The number of ether oxygens (including phenoxy) is 2. The monoisotopic (exact) mass is 266 g/mol. The molecular formula is C15H26N2O2. The van der Waals surface area contributed by atoms with Crippen LogP contribution in [0.1, 0.15) is 30.2 Å². The van der Waals surface area contributed by atoms with Gasteiger partial charge in [-0.1, -0.05) is 6.92 Å². The molecule has 4 heteroatoms. The number of rotatable bonds is 8. The second-order valence-electron chi connectivity index (χ2n) is 4.79. The van der Waals surface area contributed by atoms with Gasteiger partial charge in [-0.2, -0.15) is 0 Å². The lowest BCUT2D eigenvalue weighted by atomic mass is 10.0. The molecule has 1 heterocycles. The van der Waals surface area contributed by atoms with Crippen LogP contribution >= 0.6 is 0 Å². The summed E-state index contributed by atoms with van der Waals surface area (Å²) >= 11 is 0. The van der Waals surface area contributed by atoms with Crippen molar-refractivity contribution in [1.82, 2.24) is 10.3 Å². The van der Waals surface area contributed by atoms with E-state index in [0.29, 0.717) is 6.04 Å². The third-order valence-electron chi connectivity index (χ3n) is 3.35. The molecule has 1 aromatic rings. The van der Waals surface area contributed by atoms with Crippen molar-refractivity contribution in [2.75, 3.05) is 27.4 Å². The Morgan fingerprint density at radius 2 is 2.05 bits per heavy atom. The molecule has 4 nitrogen and oxygen atoms in total. The van der Waals surface area contributed by atoms with Crippen molar-refractivity contribution in [3.8, 4) is 5.75 Å². The first-order chi connectivity index (χ1) is 9.13. The average molecular weight is 266 g/mol. The van der Waals surface area contributed by atoms with Crippen molar-refractivity contribution < 1.29 is 9.47 Å². The van der Waals surface area contributed by atoms with Crippen LogP contribution in [-0.2, 0) is 11.2 Å². The van der Waals surface area contributed by atoms with E-state index in [0.717, 1.165) is 48.6 Å². The summed E-state index contributed by atoms with van der Waals surface area (Å²) in [4.78, 5) is 4.56. The van der Waals surface area contributed by atoms with Crippen molar-refractivity contribution in [1.29, 1.82) is 0 Å². The lowest BCUT2D eigenvalue weighted by Crippen LogP contribution is -2.32. The second-order valence-corrected chi connectivity index (χ2v) is 4.79. The normalized spacial score (nSPS) is 12.5. The lowest BCUT2D eigenvalue weighted by Gasteiger charge is -2.19. The molecule has 0 amide bonds. The summed E-state index contributed by atoms with van der Waals surface area (Å²) in [7, 11) is 3.45. The molecule has 0 radical (unpaired) electrons. The van der Waals surface area contributed by atoms with Crippen LogP contribution in [0.3, 0.4) is 0 Å². The second kappa shape index (κ2) is 8.12. The minimum atomic E-state index is 0.392. The summed E-state index contributed by atoms with van der Waals surface area (Å²) in [5, 5.41) is 3.48. The molecule has 0 saturated heterocycles. The van der Waals surface area contributed by atoms with Crippen LogP contribution in [0, 0.1) is 13.8 Å². The first-order valence-corrected chi connectivity index (χ1v) is 6.85. The molecule has 1 atom stereocenters. The number of nitrogens with zero attached hydrogens (tertiary/aromatic N) is 1. The maximum absolute atomic E-state index is 5.45. The van der Waals surface area contributed by atoms with Crippen LogP contribution in [-0.4, -0.2) is 38.4 Å². The maximum Gasteiger partial charge on any atom is 0.128 e. The van der Waals surface area contributed by atoms with E-state index in [1.807, 2.05) is 13.1 Å². The molecule has 0 saturated carbocycles. The van der Waals surface area contributed by atoms with E-state index < -0.39 is 0 Å². The van der Waals surface area contributed by atoms with Gasteiger partial charge in [0.2, 0.25) is 0 Å². The summed E-state index contributed by atoms with van der Waals surface area (Å²) in [6.07, 6.45) is 3.78. The summed E-state index contributed by atoms with van der Waals surface area (Å²) in [6.45, 7) is 7.94. The fraction of sp³-hybridized carbons (Fsp3) is 0.667. The molecule has 0 aliphatic heterocycles. The van der Waals surface area contributed by atoms with E-state index >= 15 is 0 Å². The van der Waals surface area contributed by atoms with Crippen LogP contribution in [0.25, 0.3) is 0 Å². The van der Waals surface area contributed by atoms with Crippen LogP contribution in [0.15, 0.2) is 6.20 Å². The summed E-state index contributed by atoms with van der Waals surface area (Å²) in [6, 6.07) is 0.392. The zero-order valence-electron chi connectivity index (χ0n) is 12.7. The number of hydrogen-bond donors (Lipinski definition) is 1. The van der Waals surface area contributed by atoms with Gasteiger partial charge in [-0.3, -0.25) is 4.98 Å². The highest BCUT2D eigenvalue weighted by atomic mass is 16.5. The Hall–Kier alpha value is -1.13. The molecule has 1 N–H and O–H groups in total. The predicted molar refractivity (Wildman–Crippen MR) is 77.9 cm³/mol. The van der Waals surface area contributed by atoms with Crippen LogP contribution in [0.2, 0.25) is 0 Å². The van der Waals surface area contributed by atoms with E-state index in [-0.39, 0.29) is 0 Å². The van der Waals surface area contributed by atoms with E-state index in [1.165, 1.54) is 0 Å². The fourth-order valence-electron chi connectivity index (χ4n) is 2.34. The third kappa shape index (κ3) is 4.48. The maximum atomic E-state index is 5.45. The van der Waals surface area contributed by atoms with Gasteiger partial charge in [0, 0.05) is 49.2 Å². The lowest BCUT2D eigenvalue weighted by molar-refractivity contribution is 0.182. The van der Waals surface area contributed by atoms with E-state index in [9.17, 15) is 0 Å². The van der Waals surface area contributed by atoms with Crippen molar-refractivity contribution in [2.45, 2.75) is 39.7 Å². The highest BCUT2D eigenvalue weighted by Crippen LogP contribution is 2.24. The summed E-state index contributed by atoms with van der Waals surface area (Å²) in [5.74, 6) is 0.951. The molecule has 0 fully saturated rings. The largest absolute Gasteiger partial charge is 0.496 e. The molecule has 0 aromatic carbocycles. The zero-order valence-corrected chi connectivity index (χ0v) is 12.7. The van der Waals surface area contributed by atoms with Crippen LogP contribution in [0.4, 0.5) is 0 Å². The predicted octanol–water partition coefficient (Wildman–Crippen LogP) is 2.26. The van der Waals surface area contributed by atoms with Crippen LogP contribution in [0.5, 0.6) is 5.75 Å². The van der Waals surface area contributed by atoms with Gasteiger partial charge in [0.05, 0.1) is 7.11 Å². The number of methoxy groups -OCH3 is 2. The molecule has 19 heavy (non-hydrogen) atoms. The van der Waals surface area contributed by atoms with Gasteiger partial charge >= 0.3 is 0 Å². The van der Waals surface area contributed by atoms with Gasteiger partial charge in [-0.25, -0.2) is 0 Å². The Balaban J connectivity index is 2.83. The first kappa shape index (κ1) is 15.9. The van der Waals surface area contributed by atoms with Crippen molar-refractivity contribution >= 4 is 0 Å². The number of hydrogen-bond acceptors (Lipinski definition) is 4. The Morgan fingerprint density at radius 1 is 1.32 bits per heavy atom. The third-order valence-corrected chi connectivity index (χ3v) is 3.35. The van der Waals surface area contributed by atoms with E-state index in [1.54, 1.807) is 14.2 Å². The van der Waals surface area contributed by atoms with E-state index in [4.69, 9.17) is 9.47 Å². The first-order valence-electron chi connectivity index (χ1n) is 6.85. The minimum absolute atomic E-state index is 0.392. The molecule has 0 spiro atoms. The van der Waals surface area contributed by atoms with Crippen molar-refractivity contribution in [3.05, 3.63) is 23.0 Å². The average Bonchev–Trinajstić information content (AvgIpc) is 2.40. The summed E-state index contributed by atoms with van der Waals surface area (Å²) in [5.41, 5.74) is 3.33. The number of aromatic nitrogens is 1. The van der Waals surface area contributed by atoms with E-state index in [2.05, 4.69) is 24.1 Å². The minimum Gasteiger partial charge on any atom is -0.496 e. The molecule has 0 aliphatic carbocycles. The molecule has 108 valence electrons. The molecule has 1 aromatic heterocycles. The van der Waals surface area contributed by atoms with Gasteiger partial charge in [-0.05, 0) is 26.8 Å². The number of likely N-dealkylation sites (N-methyl/N-ethyl adjacent to an activating group) is 1. The van der Waals surface area contributed by atoms with Gasteiger partial charge in [0.1, 0.15) is 5.75 Å². The van der Waals surface area contributed by atoms with Gasteiger partial charge in [0.15, 0.2) is 0 Å². The highest BCUT2D eigenvalue weighted by Gasteiger charge is 2.14. The van der Waals surface area contributed by atoms with Gasteiger partial charge < -0.3 is 14.8 Å². The Bertz CT molecular complexity index is 394. The number of aryl methyl sites for hydroxylation is 1. The van der Waals surface area contributed by atoms with Crippen molar-refractivity contribution in [2.24, 2.45) is 0 Å². The quantitative estimate of drug-likeness (QED) is 0.784. The SMILES string of the molecule is CCNC(CCOC)Cc1ncc(C)c(OC)c1C. The molecule has 0 aliphatic rings. The highest BCUT2D eigenvalue weighted by molar-refractivity contribution is 5.41. The molecule has 1 rings (SSSR count). The Morgan fingerprint density at radius 3 is 2.63 bits per heavy atom. The fourth-order valence-corrected chi connectivity index (χ4v) is 2.34. The standard InChI is InChI=1S/C15H26N2O2/c1-6-16-13(7-8-18-4)9-14-12(3)15(19-5)11(2)10-17-14/h10,13,16H,6-9H2,1-5H3. The molecule has 1 unspecified atom stereocenters. The number of nitrogens with one attached hydrogen (secondary N) is 1. The van der Waals surface area contributed by atoms with Gasteiger partial charge in [-0.15, -0.1) is 0 Å². The van der Waals surface area contributed by atoms with Crippen LogP contribution < -0.4 is 10.1 Å². The number of pyridine rings is 1. The zero-order chi connectivity index (χ0) is 14.3.